The first-order valence-electron chi connectivity index (χ1n) is 22.1. The fourth-order valence-corrected chi connectivity index (χ4v) is 8.34. The molecule has 340 valence electrons. The Morgan fingerprint density at radius 3 is 1.56 bits per heavy atom. The summed E-state index contributed by atoms with van der Waals surface area (Å²) in [4.78, 5) is 70.1. The van der Waals surface area contributed by atoms with Crippen molar-refractivity contribution in [2.75, 3.05) is 26.2 Å². The average Bonchev–Trinajstić information content (AvgIpc) is 3.91. The van der Waals surface area contributed by atoms with Gasteiger partial charge in [0.25, 0.3) is 23.5 Å². The van der Waals surface area contributed by atoms with Crippen molar-refractivity contribution >= 4 is 29.7 Å². The lowest BCUT2D eigenvalue weighted by Crippen LogP contribution is -2.61. The fourth-order valence-electron chi connectivity index (χ4n) is 8.34. The highest BCUT2D eigenvalue weighted by Crippen LogP contribution is 2.32. The predicted molar refractivity (Wildman–Crippen MR) is 217 cm³/mol. The number of carbonyl (C=O) groups excluding carboxylic acids is 5. The number of hydroxylamine groups is 2. The molecule has 6 rings (SSSR count). The number of nitrogens with one attached hydrogen (secondary N) is 5. The van der Waals surface area contributed by atoms with Gasteiger partial charge >= 0.3 is 6.09 Å². The van der Waals surface area contributed by atoms with E-state index in [2.05, 4.69) is 36.2 Å². The summed E-state index contributed by atoms with van der Waals surface area (Å²) >= 11 is 0. The second kappa shape index (κ2) is 23.5. The quantitative estimate of drug-likeness (QED) is 0.0794. The van der Waals surface area contributed by atoms with Gasteiger partial charge in [0.2, 0.25) is 23.6 Å². The van der Waals surface area contributed by atoms with Gasteiger partial charge in [0.1, 0.15) is 5.60 Å². The molecule has 0 bridgehead atoms. The smallest absolute Gasteiger partial charge is 0.410 e. The molecule has 4 fully saturated rings. The summed E-state index contributed by atoms with van der Waals surface area (Å²) < 4.78 is 15.9. The van der Waals surface area contributed by atoms with Crippen molar-refractivity contribution in [2.24, 2.45) is 11.8 Å². The van der Waals surface area contributed by atoms with Crippen LogP contribution < -0.4 is 26.9 Å². The van der Waals surface area contributed by atoms with Gasteiger partial charge in [-0.1, -0.05) is 100 Å². The molecule has 2 saturated heterocycles. The molecule has 2 saturated carbocycles. The zero-order valence-electron chi connectivity index (χ0n) is 35.9. The van der Waals surface area contributed by atoms with Gasteiger partial charge in [-0.2, -0.15) is 9.97 Å². The summed E-state index contributed by atoms with van der Waals surface area (Å²) in [5, 5.41) is 34.0. The van der Waals surface area contributed by atoms with Crippen molar-refractivity contribution in [3.63, 3.8) is 0 Å². The zero-order chi connectivity index (χ0) is 43.8. The number of hydrogen-bond donors (Lipinski definition) is 7. The molecule has 7 N–H and O–H groups in total. The van der Waals surface area contributed by atoms with Crippen LogP contribution in [0.25, 0.3) is 0 Å². The second-order valence-corrected chi connectivity index (χ2v) is 18.0. The summed E-state index contributed by atoms with van der Waals surface area (Å²) in [6.45, 7) is 7.53. The lowest BCUT2D eigenvalue weighted by Gasteiger charge is -2.39. The lowest BCUT2D eigenvalue weighted by atomic mass is 9.84. The van der Waals surface area contributed by atoms with Gasteiger partial charge < -0.3 is 34.6 Å². The average molecular weight is 859 g/mol. The molecule has 20 nitrogen and oxygen atoms in total. The van der Waals surface area contributed by atoms with Crippen LogP contribution in [0.1, 0.15) is 181 Å². The van der Waals surface area contributed by atoms with Gasteiger partial charge in [-0.25, -0.2) is 15.8 Å². The van der Waals surface area contributed by atoms with Crippen molar-refractivity contribution in [1.82, 2.24) is 52.1 Å². The van der Waals surface area contributed by atoms with Gasteiger partial charge in [-0.15, -0.1) is 0 Å². The number of amides is 5. The Kier molecular flexibility index (Phi) is 18.2. The minimum Gasteiger partial charge on any atom is -0.444 e. The van der Waals surface area contributed by atoms with E-state index in [9.17, 15) is 24.0 Å². The molecular weight excluding hydrogens is 793 g/mol. The number of carbonyl (C=O) groups is 5. The summed E-state index contributed by atoms with van der Waals surface area (Å²) in [5.74, 6) is -0.770. The Morgan fingerprint density at radius 2 is 1.16 bits per heavy atom. The molecule has 20 heteroatoms. The van der Waals surface area contributed by atoms with Crippen LogP contribution in [-0.4, -0.2) is 109 Å². The van der Waals surface area contributed by atoms with Crippen LogP contribution in [0.5, 0.6) is 0 Å². The van der Waals surface area contributed by atoms with Crippen LogP contribution in [0.3, 0.4) is 0 Å². The van der Waals surface area contributed by atoms with Crippen molar-refractivity contribution in [2.45, 2.75) is 166 Å². The van der Waals surface area contributed by atoms with E-state index in [-0.39, 0.29) is 66.1 Å². The normalized spacial score (nSPS) is 18.7. The Hall–Kier alpha value is -4.69. The summed E-state index contributed by atoms with van der Waals surface area (Å²) in [7, 11) is 0. The minimum absolute atomic E-state index is 0.00209. The number of ether oxygens (including phenoxy) is 1. The Morgan fingerprint density at radius 1 is 0.721 bits per heavy atom. The first kappa shape index (κ1) is 47.4. The molecular formula is C41H66N10O10. The van der Waals surface area contributed by atoms with E-state index in [1.165, 1.54) is 69.1 Å². The standard InChI is InChI=1S/C23H37N5O6.C18H29N5O4/c1-23(2,3)33-22(31)28-13-17(14-28)24-20(30)19-25-21(34-27-19)16(12-18(29)26-32)11-7-10-15-8-5-4-6-9-15;24-15(22-26)9-13(8-4-7-12-5-2-1-3-6-12)18-21-16(23-27-18)17(25)20-14-10-19-11-14/h15-17,32H,4-14H2,1-3H3,(H,24,30)(H,26,29);12-14,19,26H,1-11H2,(H,20,25)(H,22,24)/t16-;13-/m11/s1. The van der Waals surface area contributed by atoms with Gasteiger partial charge in [0.05, 0.1) is 12.1 Å². The molecule has 2 aliphatic carbocycles. The Bertz CT molecular complexity index is 1710. The van der Waals surface area contributed by atoms with E-state index < -0.39 is 29.4 Å². The predicted octanol–water partition coefficient (Wildman–Crippen LogP) is 4.65. The third kappa shape index (κ3) is 15.6. The number of rotatable bonds is 18. The van der Waals surface area contributed by atoms with Gasteiger partial charge in [-0.05, 0) is 45.4 Å². The molecule has 2 aromatic heterocycles. The van der Waals surface area contributed by atoms with Crippen molar-refractivity contribution in [3.8, 4) is 0 Å². The van der Waals surface area contributed by atoms with E-state index in [0.29, 0.717) is 31.8 Å². The van der Waals surface area contributed by atoms with Gasteiger partial charge in [-0.3, -0.25) is 29.6 Å². The summed E-state index contributed by atoms with van der Waals surface area (Å²) in [6, 6.07) is -0.140. The molecule has 0 aromatic carbocycles. The molecule has 5 amide bonds. The summed E-state index contributed by atoms with van der Waals surface area (Å²) in [5.41, 5.74) is 2.74. The monoisotopic (exact) mass is 858 g/mol. The highest BCUT2D eigenvalue weighted by atomic mass is 16.6. The first-order valence-corrected chi connectivity index (χ1v) is 22.1. The number of likely N-dealkylation sites (tertiary alicyclic amines) is 1. The molecule has 0 radical (unpaired) electrons. The molecule has 2 atom stereocenters. The van der Waals surface area contributed by atoms with Crippen LogP contribution in [0.15, 0.2) is 9.05 Å². The van der Waals surface area contributed by atoms with E-state index >= 15 is 0 Å². The summed E-state index contributed by atoms with van der Waals surface area (Å²) in [6.07, 6.45) is 17.9. The molecule has 61 heavy (non-hydrogen) atoms. The van der Waals surface area contributed by atoms with Crippen molar-refractivity contribution in [1.29, 1.82) is 0 Å². The number of hydrogen-bond acceptors (Lipinski definition) is 15. The highest BCUT2D eigenvalue weighted by Gasteiger charge is 2.36. The van der Waals surface area contributed by atoms with Crippen molar-refractivity contribution in [3.05, 3.63) is 23.4 Å². The largest absolute Gasteiger partial charge is 0.444 e. The van der Waals surface area contributed by atoms with Crippen LogP contribution in [-0.2, 0) is 14.3 Å². The van der Waals surface area contributed by atoms with Crippen LogP contribution >= 0.6 is 0 Å². The maximum atomic E-state index is 12.5. The fraction of sp³-hybridized carbons (Fsp3) is 0.780. The molecule has 0 unspecified atom stereocenters. The zero-order valence-corrected chi connectivity index (χ0v) is 35.9. The molecule has 0 spiro atoms. The van der Waals surface area contributed by atoms with Crippen LogP contribution in [0.4, 0.5) is 4.79 Å². The Balaban J connectivity index is 0.000000237. The first-order chi connectivity index (χ1) is 29.3. The van der Waals surface area contributed by atoms with Crippen LogP contribution in [0, 0.1) is 11.8 Å². The lowest BCUT2D eigenvalue weighted by molar-refractivity contribution is -0.130. The highest BCUT2D eigenvalue weighted by molar-refractivity contribution is 5.91. The third-order valence-corrected chi connectivity index (χ3v) is 11.9. The maximum absolute atomic E-state index is 12.5. The number of nitrogens with zero attached hydrogens (tertiary/aromatic N) is 5. The third-order valence-electron chi connectivity index (χ3n) is 11.9. The van der Waals surface area contributed by atoms with E-state index in [0.717, 1.165) is 44.7 Å². The second-order valence-electron chi connectivity index (χ2n) is 18.0. The number of aromatic nitrogens is 4. The van der Waals surface area contributed by atoms with E-state index in [1.807, 2.05) is 0 Å². The van der Waals surface area contributed by atoms with Crippen molar-refractivity contribution < 1.29 is 48.2 Å². The van der Waals surface area contributed by atoms with E-state index in [4.69, 9.17) is 24.2 Å². The molecule has 4 heterocycles. The molecule has 2 aromatic rings. The molecule has 4 aliphatic rings. The van der Waals surface area contributed by atoms with E-state index in [1.54, 1.807) is 31.7 Å². The van der Waals surface area contributed by atoms with Crippen LogP contribution in [0.2, 0.25) is 0 Å². The minimum atomic E-state index is -0.577. The van der Waals surface area contributed by atoms with Gasteiger partial charge in [0.15, 0.2) is 0 Å². The maximum Gasteiger partial charge on any atom is 0.410 e. The topological polar surface area (TPSA) is 276 Å². The molecule has 2 aliphatic heterocycles. The van der Waals surface area contributed by atoms with Gasteiger partial charge in [0, 0.05) is 50.9 Å². The SMILES string of the molecule is CC(C)(C)OC(=O)N1CC(NC(=O)c2noc([C@H](CCCC3CCCCC3)CC(=O)NO)n2)C1.O=C(C[C@@H](CCCC1CCCCC1)c1nc(C(=O)NC2CNC2)no1)NO. The Labute approximate surface area is 356 Å².